The van der Waals surface area contributed by atoms with E-state index in [1.54, 1.807) is 19.9 Å². The molecular weight excluding hydrogens is 384 g/mol. The second-order valence-corrected chi connectivity index (χ2v) is 7.01. The van der Waals surface area contributed by atoms with Crippen LogP contribution in [0.3, 0.4) is 0 Å². The zero-order valence-electron chi connectivity index (χ0n) is 16.5. The van der Waals surface area contributed by atoms with Crippen LogP contribution in [0.15, 0.2) is 24.7 Å². The van der Waals surface area contributed by atoms with Crippen LogP contribution in [0.2, 0.25) is 0 Å². The van der Waals surface area contributed by atoms with Crippen LogP contribution in [0.25, 0.3) is 11.3 Å². The predicted molar refractivity (Wildman–Crippen MR) is 108 cm³/mol. The van der Waals surface area contributed by atoms with Gasteiger partial charge in [-0.15, -0.1) is 0 Å². The number of nitriles is 2. The molecule has 2 amide bonds. The number of aromatic nitrogens is 3. The Hall–Kier alpha value is -4.05. The molecule has 0 spiro atoms. The fourth-order valence-corrected chi connectivity index (χ4v) is 2.59. The summed E-state index contributed by atoms with van der Waals surface area (Å²) >= 11 is 0. The Labute approximate surface area is 173 Å². The minimum absolute atomic E-state index is 0.0541. The van der Waals surface area contributed by atoms with Gasteiger partial charge >= 0.3 is 0 Å². The molecule has 2 atom stereocenters. The van der Waals surface area contributed by atoms with Crippen molar-refractivity contribution >= 4 is 23.3 Å². The van der Waals surface area contributed by atoms with Crippen molar-refractivity contribution in [3.05, 3.63) is 30.4 Å². The summed E-state index contributed by atoms with van der Waals surface area (Å²) in [6, 6.07) is 4.23. The van der Waals surface area contributed by atoms with Crippen molar-refractivity contribution < 1.29 is 9.59 Å². The van der Waals surface area contributed by atoms with E-state index in [4.69, 9.17) is 5.26 Å². The Kier molecular flexibility index (Phi) is 6.18. The minimum atomic E-state index is -0.698. The molecule has 1 aliphatic carbocycles. The van der Waals surface area contributed by atoms with Crippen LogP contribution < -0.4 is 16.0 Å². The molecule has 1 saturated carbocycles. The first-order valence-electron chi connectivity index (χ1n) is 9.41. The predicted octanol–water partition coefficient (Wildman–Crippen LogP) is 1.59. The standard InChI is InChI=1S/C20H20N8O2/c1-11(6-21)26-19(29)12(2)27-15-5-14(8-23-16(15)7-22)17-9-25-18(10-24-17)28-20(30)13-3-4-13/h5,8-13,27H,3-4H2,1-2H3,(H,26,29)(H,25,28,30)/t11?,12-/m0/s1. The first kappa shape index (κ1) is 20.7. The van der Waals surface area contributed by atoms with Gasteiger partial charge in [-0.05, 0) is 32.8 Å². The van der Waals surface area contributed by atoms with E-state index in [9.17, 15) is 14.9 Å². The molecule has 2 aromatic rings. The van der Waals surface area contributed by atoms with E-state index in [0.29, 0.717) is 22.8 Å². The maximum Gasteiger partial charge on any atom is 0.243 e. The fraction of sp³-hybridized carbons (Fsp3) is 0.350. The molecule has 10 nitrogen and oxygen atoms in total. The highest BCUT2D eigenvalue weighted by molar-refractivity contribution is 5.93. The smallest absolute Gasteiger partial charge is 0.243 e. The highest BCUT2D eigenvalue weighted by atomic mass is 16.2. The van der Waals surface area contributed by atoms with Crippen molar-refractivity contribution in [2.45, 2.75) is 38.8 Å². The maximum atomic E-state index is 12.2. The number of rotatable bonds is 7. The van der Waals surface area contributed by atoms with Gasteiger partial charge in [0.1, 0.15) is 18.2 Å². The Bertz CT molecular complexity index is 1030. The van der Waals surface area contributed by atoms with Gasteiger partial charge in [0.15, 0.2) is 11.5 Å². The van der Waals surface area contributed by atoms with Gasteiger partial charge in [0.2, 0.25) is 11.8 Å². The first-order valence-corrected chi connectivity index (χ1v) is 9.41. The lowest BCUT2D eigenvalue weighted by Gasteiger charge is -2.17. The normalized spacial score (nSPS) is 14.5. The van der Waals surface area contributed by atoms with Crippen LogP contribution in [0.1, 0.15) is 32.4 Å². The maximum absolute atomic E-state index is 12.2. The average molecular weight is 404 g/mol. The second kappa shape index (κ2) is 8.97. The van der Waals surface area contributed by atoms with E-state index < -0.39 is 12.1 Å². The number of nitrogens with one attached hydrogen (secondary N) is 3. The third-order valence-corrected chi connectivity index (χ3v) is 4.46. The minimum Gasteiger partial charge on any atom is -0.372 e. The Balaban J connectivity index is 1.75. The number of carbonyl (C=O) groups excluding carboxylic acids is 2. The average Bonchev–Trinajstić information content (AvgIpc) is 3.59. The van der Waals surface area contributed by atoms with Gasteiger partial charge < -0.3 is 16.0 Å². The van der Waals surface area contributed by atoms with Gasteiger partial charge in [-0.1, -0.05) is 0 Å². The van der Waals surface area contributed by atoms with Crippen molar-refractivity contribution in [2.75, 3.05) is 10.6 Å². The van der Waals surface area contributed by atoms with Gasteiger partial charge in [-0.3, -0.25) is 14.6 Å². The Morgan fingerprint density at radius 2 is 1.90 bits per heavy atom. The van der Waals surface area contributed by atoms with E-state index in [1.165, 1.54) is 18.6 Å². The van der Waals surface area contributed by atoms with Crippen LogP contribution in [0.5, 0.6) is 0 Å². The topological polar surface area (TPSA) is 156 Å². The third kappa shape index (κ3) is 5.06. The molecule has 152 valence electrons. The van der Waals surface area contributed by atoms with Gasteiger partial charge in [0.25, 0.3) is 0 Å². The van der Waals surface area contributed by atoms with Crippen LogP contribution in [-0.2, 0) is 9.59 Å². The monoisotopic (exact) mass is 404 g/mol. The zero-order valence-corrected chi connectivity index (χ0v) is 16.5. The molecule has 1 unspecified atom stereocenters. The molecule has 2 aromatic heterocycles. The molecule has 10 heteroatoms. The van der Waals surface area contributed by atoms with E-state index in [1.807, 2.05) is 12.1 Å². The largest absolute Gasteiger partial charge is 0.372 e. The summed E-state index contributed by atoms with van der Waals surface area (Å²) in [6.45, 7) is 3.19. The Morgan fingerprint density at radius 3 is 2.50 bits per heavy atom. The van der Waals surface area contributed by atoms with Gasteiger partial charge in [-0.2, -0.15) is 10.5 Å². The zero-order chi connectivity index (χ0) is 21.7. The van der Waals surface area contributed by atoms with Crippen molar-refractivity contribution in [1.82, 2.24) is 20.3 Å². The molecule has 0 radical (unpaired) electrons. The molecule has 0 bridgehead atoms. The number of hydrogen-bond donors (Lipinski definition) is 3. The highest BCUT2D eigenvalue weighted by Gasteiger charge is 2.29. The lowest BCUT2D eigenvalue weighted by atomic mass is 10.1. The third-order valence-electron chi connectivity index (χ3n) is 4.46. The number of anilines is 2. The Morgan fingerprint density at radius 1 is 1.13 bits per heavy atom. The molecule has 3 N–H and O–H groups in total. The molecule has 1 fully saturated rings. The lowest BCUT2D eigenvalue weighted by Crippen LogP contribution is -2.41. The molecular formula is C20H20N8O2. The summed E-state index contributed by atoms with van der Waals surface area (Å²) in [4.78, 5) is 36.6. The number of pyridine rings is 1. The van der Waals surface area contributed by atoms with Crippen molar-refractivity contribution in [3.8, 4) is 23.4 Å². The number of carbonyl (C=O) groups is 2. The summed E-state index contributed by atoms with van der Waals surface area (Å²) in [5.74, 6) is 0.00105. The summed E-state index contributed by atoms with van der Waals surface area (Å²) in [7, 11) is 0. The van der Waals surface area contributed by atoms with Crippen molar-refractivity contribution in [1.29, 1.82) is 10.5 Å². The molecule has 2 heterocycles. The summed E-state index contributed by atoms with van der Waals surface area (Å²) in [5, 5.41) is 26.4. The van der Waals surface area contributed by atoms with Gasteiger partial charge in [0, 0.05) is 17.7 Å². The fourth-order valence-electron chi connectivity index (χ4n) is 2.59. The number of hydrogen-bond acceptors (Lipinski definition) is 8. The number of nitrogens with zero attached hydrogens (tertiary/aromatic N) is 5. The summed E-state index contributed by atoms with van der Waals surface area (Å²) < 4.78 is 0. The molecule has 1 aliphatic rings. The van der Waals surface area contributed by atoms with Crippen molar-refractivity contribution in [3.63, 3.8) is 0 Å². The van der Waals surface area contributed by atoms with E-state index >= 15 is 0 Å². The van der Waals surface area contributed by atoms with Crippen molar-refractivity contribution in [2.24, 2.45) is 5.92 Å². The summed E-state index contributed by atoms with van der Waals surface area (Å²) in [6.07, 6.45) is 6.24. The van der Waals surface area contributed by atoms with Crippen LogP contribution >= 0.6 is 0 Å². The molecule has 3 rings (SSSR count). The SMILES string of the molecule is CC(C#N)NC(=O)[C@H](C)Nc1cc(-c2cnc(NC(=O)C3CC3)cn2)cnc1C#N. The quantitative estimate of drug-likeness (QED) is 0.628. The van der Waals surface area contributed by atoms with Gasteiger partial charge in [-0.25, -0.2) is 9.97 Å². The van der Waals surface area contributed by atoms with E-state index in [2.05, 4.69) is 30.9 Å². The van der Waals surface area contributed by atoms with Crippen LogP contribution in [-0.4, -0.2) is 38.8 Å². The molecule has 0 aromatic carbocycles. The molecule has 0 aliphatic heterocycles. The number of amides is 2. The second-order valence-electron chi connectivity index (χ2n) is 7.01. The van der Waals surface area contributed by atoms with Gasteiger partial charge in [0.05, 0.1) is 29.8 Å². The van der Waals surface area contributed by atoms with Crippen LogP contribution in [0, 0.1) is 28.6 Å². The molecule has 30 heavy (non-hydrogen) atoms. The van der Waals surface area contributed by atoms with E-state index in [0.717, 1.165) is 12.8 Å². The van der Waals surface area contributed by atoms with E-state index in [-0.39, 0.29) is 23.4 Å². The summed E-state index contributed by atoms with van der Waals surface area (Å²) in [5.41, 5.74) is 1.56. The highest BCUT2D eigenvalue weighted by Crippen LogP contribution is 2.30. The van der Waals surface area contributed by atoms with Crippen LogP contribution in [0.4, 0.5) is 11.5 Å². The lowest BCUT2D eigenvalue weighted by molar-refractivity contribution is -0.121. The first-order chi connectivity index (χ1) is 14.4. The molecule has 0 saturated heterocycles.